The summed E-state index contributed by atoms with van der Waals surface area (Å²) in [5, 5.41) is 5.66. The number of ether oxygens (including phenoxy) is 2. The molecule has 2 N–H and O–H groups in total. The number of aromatic nitrogens is 1. The molecule has 32 heavy (non-hydrogen) atoms. The van der Waals surface area contributed by atoms with Crippen molar-refractivity contribution in [2.24, 2.45) is 0 Å². The number of hydrogen-bond donors (Lipinski definition) is 2. The van der Waals surface area contributed by atoms with Crippen molar-refractivity contribution in [1.82, 2.24) is 10.3 Å². The first-order valence-electron chi connectivity index (χ1n) is 9.50. The fourth-order valence-corrected chi connectivity index (χ4v) is 4.34. The molecule has 0 radical (unpaired) electrons. The number of benzene rings is 2. The maximum atomic E-state index is 14.6. The lowest BCUT2D eigenvalue weighted by Crippen LogP contribution is -2.25. The van der Waals surface area contributed by atoms with E-state index in [0.29, 0.717) is 34.5 Å². The van der Waals surface area contributed by atoms with Crippen molar-refractivity contribution in [1.29, 1.82) is 0 Å². The molecule has 1 aromatic heterocycles. The number of carbonyl (C=O) groups excluding carboxylic acids is 1. The number of hydrogen-bond acceptors (Lipinski definition) is 8. The Morgan fingerprint density at radius 2 is 2.09 bits per heavy atom. The summed E-state index contributed by atoms with van der Waals surface area (Å²) in [5.74, 6) is 0.582. The van der Waals surface area contributed by atoms with Crippen LogP contribution in [0.1, 0.15) is 12.0 Å². The third-order valence-electron chi connectivity index (χ3n) is 4.22. The summed E-state index contributed by atoms with van der Waals surface area (Å²) in [6.07, 6.45) is 1.36. The molecule has 0 saturated heterocycles. The molecule has 0 saturated carbocycles. The average Bonchev–Trinajstić information content (AvgIpc) is 3.30. The van der Waals surface area contributed by atoms with Crippen LogP contribution in [0.3, 0.4) is 0 Å². The zero-order valence-electron chi connectivity index (χ0n) is 17.0. The number of nitrogens with zero attached hydrogens (tertiary/aromatic N) is 1. The first-order chi connectivity index (χ1) is 15.5. The number of carbonyl (C=O) groups is 1. The van der Waals surface area contributed by atoms with Crippen molar-refractivity contribution < 1.29 is 18.7 Å². The Labute approximate surface area is 203 Å². The minimum absolute atomic E-state index is 0.145. The summed E-state index contributed by atoms with van der Waals surface area (Å²) in [6.45, 7) is 0.750. The lowest BCUT2D eigenvalue weighted by molar-refractivity contribution is -0.139. The predicted octanol–water partition coefficient (Wildman–Crippen LogP) is 6.20. The van der Waals surface area contributed by atoms with Gasteiger partial charge in [-0.3, -0.25) is 4.79 Å². The van der Waals surface area contributed by atoms with Crippen molar-refractivity contribution in [2.75, 3.05) is 24.9 Å². The van der Waals surface area contributed by atoms with Crippen LogP contribution in [0.25, 0.3) is 0 Å². The molecular weight excluding hydrogens is 496 g/mol. The third-order valence-corrected chi connectivity index (χ3v) is 6.18. The fourth-order valence-electron chi connectivity index (χ4n) is 2.66. The molecule has 0 unspecified atom stereocenters. The summed E-state index contributed by atoms with van der Waals surface area (Å²) in [5.41, 5.74) is 2.53. The Morgan fingerprint density at radius 3 is 2.84 bits per heavy atom. The van der Waals surface area contributed by atoms with E-state index in [1.54, 1.807) is 23.7 Å². The Bertz CT molecular complexity index is 1060. The Morgan fingerprint density at radius 1 is 1.25 bits per heavy atom. The van der Waals surface area contributed by atoms with Crippen LogP contribution in [0.5, 0.6) is 11.5 Å². The van der Waals surface area contributed by atoms with E-state index in [0.717, 1.165) is 23.9 Å². The number of halogens is 3. The molecule has 3 rings (SSSR count). The number of nitrogens with one attached hydrogen (secondary N) is 2. The van der Waals surface area contributed by atoms with Gasteiger partial charge in [0, 0.05) is 16.5 Å². The number of anilines is 1. The van der Waals surface area contributed by atoms with Crippen molar-refractivity contribution in [3.8, 4) is 11.5 Å². The lowest BCUT2D eigenvalue weighted by atomic mass is 10.1. The maximum Gasteiger partial charge on any atom is 0.319 e. The van der Waals surface area contributed by atoms with Gasteiger partial charge in [-0.25, -0.2) is 9.37 Å². The topological polar surface area (TPSA) is 72.5 Å². The highest BCUT2D eigenvalue weighted by atomic mass is 35.5. The van der Waals surface area contributed by atoms with Gasteiger partial charge < -0.3 is 19.5 Å². The van der Waals surface area contributed by atoms with Gasteiger partial charge >= 0.3 is 5.97 Å². The van der Waals surface area contributed by atoms with Crippen LogP contribution in [0.15, 0.2) is 46.1 Å². The molecule has 0 spiro atoms. The molecule has 0 bridgehead atoms. The van der Waals surface area contributed by atoms with Gasteiger partial charge in [0.15, 0.2) is 0 Å². The molecule has 0 aliphatic heterocycles. The van der Waals surface area contributed by atoms with E-state index in [1.165, 1.54) is 30.6 Å². The van der Waals surface area contributed by atoms with E-state index in [2.05, 4.69) is 19.8 Å². The average molecular weight is 516 g/mol. The van der Waals surface area contributed by atoms with Crippen LogP contribution in [0.4, 0.5) is 10.2 Å². The van der Waals surface area contributed by atoms with Gasteiger partial charge in [0.05, 0.1) is 29.1 Å². The largest absolute Gasteiger partial charge is 0.468 e. The molecule has 2 aromatic carbocycles. The number of methoxy groups -OCH3 is 1. The van der Waals surface area contributed by atoms with Gasteiger partial charge in [0.2, 0.25) is 0 Å². The van der Waals surface area contributed by atoms with Crippen LogP contribution < -0.4 is 14.8 Å². The molecule has 0 amide bonds. The molecule has 3 aromatic rings. The second-order valence-electron chi connectivity index (χ2n) is 6.50. The summed E-state index contributed by atoms with van der Waals surface area (Å²) < 4.78 is 28.1. The van der Waals surface area contributed by atoms with Crippen LogP contribution >= 0.6 is 46.5 Å². The highest BCUT2D eigenvalue weighted by molar-refractivity contribution is 8.00. The quantitative estimate of drug-likeness (QED) is 0.179. The zero-order valence-corrected chi connectivity index (χ0v) is 20.1. The van der Waals surface area contributed by atoms with Gasteiger partial charge in [-0.1, -0.05) is 23.2 Å². The standard InChI is InChI=1S/C21H20Cl2FN3O3S2/c1-29-21(28)10-25-6-2-3-13-7-14(22)4-5-17(13)30-18-9-16(24)19(8-15(18)23)32-27-20-11-31-12-26-20/h4-5,7-9,11-12,25,27H,2-3,6,10H2,1H3. The van der Waals surface area contributed by atoms with E-state index < -0.39 is 5.82 Å². The first kappa shape index (κ1) is 24.6. The number of esters is 1. The second kappa shape index (κ2) is 12.3. The summed E-state index contributed by atoms with van der Waals surface area (Å²) >= 11 is 15.0. The van der Waals surface area contributed by atoms with Crippen molar-refractivity contribution in [3.63, 3.8) is 0 Å². The minimum Gasteiger partial charge on any atom is -0.468 e. The summed E-state index contributed by atoms with van der Waals surface area (Å²) in [7, 11) is 1.34. The second-order valence-corrected chi connectivity index (χ2v) is 8.91. The smallest absolute Gasteiger partial charge is 0.319 e. The monoisotopic (exact) mass is 515 g/mol. The third kappa shape index (κ3) is 7.25. The van der Waals surface area contributed by atoms with Gasteiger partial charge in [0.25, 0.3) is 0 Å². The first-order valence-corrected chi connectivity index (χ1v) is 12.0. The summed E-state index contributed by atoms with van der Waals surface area (Å²) in [6, 6.07) is 7.97. The van der Waals surface area contributed by atoms with E-state index in [1.807, 2.05) is 5.38 Å². The number of rotatable bonds is 11. The normalized spacial score (nSPS) is 10.8. The van der Waals surface area contributed by atoms with Gasteiger partial charge in [-0.15, -0.1) is 11.3 Å². The Kier molecular flexibility index (Phi) is 9.43. The van der Waals surface area contributed by atoms with E-state index in [9.17, 15) is 9.18 Å². The van der Waals surface area contributed by atoms with E-state index in [-0.39, 0.29) is 23.3 Å². The van der Waals surface area contributed by atoms with E-state index >= 15 is 0 Å². The molecule has 1 heterocycles. The number of aryl methyl sites for hydroxylation is 1. The molecular formula is C21H20Cl2FN3O3S2. The predicted molar refractivity (Wildman–Crippen MR) is 128 cm³/mol. The SMILES string of the molecule is COC(=O)CNCCCc1cc(Cl)ccc1Oc1cc(F)c(SNc2cscn2)cc1Cl. The fraction of sp³-hybridized carbons (Fsp3) is 0.238. The minimum atomic E-state index is -0.473. The highest BCUT2D eigenvalue weighted by Crippen LogP contribution is 2.37. The molecule has 0 aliphatic rings. The maximum absolute atomic E-state index is 14.6. The Hall–Kier alpha value is -2.04. The molecule has 0 fully saturated rings. The van der Waals surface area contributed by atoms with Crippen LogP contribution in [0.2, 0.25) is 10.0 Å². The lowest BCUT2D eigenvalue weighted by Gasteiger charge is -2.14. The van der Waals surface area contributed by atoms with Crippen LogP contribution in [-0.2, 0) is 16.0 Å². The highest BCUT2D eigenvalue weighted by Gasteiger charge is 2.14. The van der Waals surface area contributed by atoms with Crippen LogP contribution in [-0.4, -0.2) is 31.2 Å². The van der Waals surface area contributed by atoms with Crippen molar-refractivity contribution >= 4 is 58.3 Å². The molecule has 6 nitrogen and oxygen atoms in total. The Balaban J connectivity index is 1.65. The zero-order chi connectivity index (χ0) is 22.9. The van der Waals surface area contributed by atoms with Crippen molar-refractivity contribution in [2.45, 2.75) is 17.7 Å². The summed E-state index contributed by atoms with van der Waals surface area (Å²) in [4.78, 5) is 15.6. The van der Waals surface area contributed by atoms with Gasteiger partial charge in [-0.05, 0) is 61.2 Å². The number of thiazole rings is 1. The van der Waals surface area contributed by atoms with Gasteiger partial charge in [-0.2, -0.15) is 0 Å². The molecule has 11 heteroatoms. The molecule has 0 atom stereocenters. The molecule has 170 valence electrons. The van der Waals surface area contributed by atoms with Crippen molar-refractivity contribution in [3.05, 3.63) is 62.6 Å². The molecule has 0 aliphatic carbocycles. The van der Waals surface area contributed by atoms with Gasteiger partial charge in [0.1, 0.15) is 23.1 Å². The van der Waals surface area contributed by atoms with E-state index in [4.69, 9.17) is 27.9 Å². The van der Waals surface area contributed by atoms with Crippen LogP contribution in [0, 0.1) is 5.82 Å².